The molecule has 10 heteroatoms. The quantitative estimate of drug-likeness (QED) is 0.371. The van der Waals surface area contributed by atoms with Gasteiger partial charge in [0.2, 0.25) is 0 Å². The Morgan fingerprint density at radius 1 is 0.912 bits per heavy atom. The van der Waals surface area contributed by atoms with Crippen molar-refractivity contribution in [1.82, 2.24) is 5.32 Å². The Labute approximate surface area is 210 Å². The molecule has 1 atom stereocenters. The zero-order valence-electron chi connectivity index (χ0n) is 17.8. The van der Waals surface area contributed by atoms with Gasteiger partial charge in [-0.3, -0.25) is 9.59 Å². The van der Waals surface area contributed by atoms with Gasteiger partial charge in [-0.25, -0.2) is 4.79 Å². The minimum atomic E-state index is -1.20. The SMILES string of the molecule is COc1ccc(C(=O)N[C@@H](Cc2ccc(NC(=O)c3c(Cl)cccc3Cl)cc2)C(=O)O)c(Cl)c1. The van der Waals surface area contributed by atoms with Crippen molar-refractivity contribution in [3.8, 4) is 5.75 Å². The van der Waals surface area contributed by atoms with Crippen molar-refractivity contribution in [2.75, 3.05) is 12.4 Å². The molecule has 7 nitrogen and oxygen atoms in total. The smallest absolute Gasteiger partial charge is 0.326 e. The van der Waals surface area contributed by atoms with Crippen LogP contribution < -0.4 is 15.4 Å². The Balaban J connectivity index is 1.68. The summed E-state index contributed by atoms with van der Waals surface area (Å²) in [6.45, 7) is 0. The highest BCUT2D eigenvalue weighted by atomic mass is 35.5. The molecule has 0 unspecified atom stereocenters. The first kappa shape index (κ1) is 25.4. The van der Waals surface area contributed by atoms with E-state index in [0.29, 0.717) is 17.0 Å². The average Bonchev–Trinajstić information content (AvgIpc) is 2.79. The number of aliphatic carboxylic acids is 1. The molecule has 0 aliphatic heterocycles. The molecule has 0 saturated heterocycles. The van der Waals surface area contributed by atoms with Gasteiger partial charge in [-0.15, -0.1) is 0 Å². The van der Waals surface area contributed by atoms with E-state index >= 15 is 0 Å². The van der Waals surface area contributed by atoms with Crippen LogP contribution in [-0.2, 0) is 11.2 Å². The Bertz CT molecular complexity index is 1210. The second-order valence-corrected chi connectivity index (χ2v) is 8.38. The largest absolute Gasteiger partial charge is 0.497 e. The number of carboxylic acids is 1. The van der Waals surface area contributed by atoms with Gasteiger partial charge in [-0.1, -0.05) is 53.0 Å². The molecule has 0 spiro atoms. The molecule has 0 saturated carbocycles. The van der Waals surface area contributed by atoms with Crippen molar-refractivity contribution < 1.29 is 24.2 Å². The van der Waals surface area contributed by atoms with Crippen molar-refractivity contribution in [3.63, 3.8) is 0 Å². The number of halogens is 3. The molecule has 0 radical (unpaired) electrons. The summed E-state index contributed by atoms with van der Waals surface area (Å²) in [6, 6.07) is 14.5. The number of carbonyl (C=O) groups excluding carboxylic acids is 2. The summed E-state index contributed by atoms with van der Waals surface area (Å²) in [7, 11) is 1.47. The molecule has 0 fully saturated rings. The highest BCUT2D eigenvalue weighted by Crippen LogP contribution is 2.26. The number of amides is 2. The van der Waals surface area contributed by atoms with Crippen molar-refractivity contribution in [2.24, 2.45) is 0 Å². The Hall–Kier alpha value is -3.26. The van der Waals surface area contributed by atoms with E-state index in [0.717, 1.165) is 0 Å². The van der Waals surface area contributed by atoms with Gasteiger partial charge in [0.25, 0.3) is 11.8 Å². The Morgan fingerprint density at radius 2 is 1.56 bits per heavy atom. The monoisotopic (exact) mass is 520 g/mol. The molecule has 3 aromatic rings. The number of carbonyl (C=O) groups is 3. The Morgan fingerprint density at radius 3 is 2.12 bits per heavy atom. The van der Waals surface area contributed by atoms with E-state index in [1.54, 1.807) is 48.5 Å². The third-order valence-electron chi connectivity index (χ3n) is 4.87. The molecule has 3 rings (SSSR count). The lowest BCUT2D eigenvalue weighted by atomic mass is 10.0. The summed E-state index contributed by atoms with van der Waals surface area (Å²) < 4.78 is 5.05. The number of anilines is 1. The second-order valence-electron chi connectivity index (χ2n) is 7.16. The molecule has 0 bridgehead atoms. The third kappa shape index (κ3) is 6.20. The Kier molecular flexibility index (Phi) is 8.39. The molecule has 0 aromatic heterocycles. The molecule has 34 heavy (non-hydrogen) atoms. The van der Waals surface area contributed by atoms with Gasteiger partial charge in [0.05, 0.1) is 33.3 Å². The molecule has 0 aliphatic rings. The molecule has 176 valence electrons. The molecule has 2 amide bonds. The van der Waals surface area contributed by atoms with Gasteiger partial charge in [-0.2, -0.15) is 0 Å². The molecule has 3 N–H and O–H groups in total. The van der Waals surface area contributed by atoms with E-state index in [1.165, 1.54) is 19.2 Å². The fourth-order valence-corrected chi connectivity index (χ4v) is 3.94. The van der Waals surface area contributed by atoms with Gasteiger partial charge in [0.15, 0.2) is 0 Å². The van der Waals surface area contributed by atoms with Gasteiger partial charge < -0.3 is 20.5 Å². The van der Waals surface area contributed by atoms with E-state index in [4.69, 9.17) is 39.5 Å². The normalized spacial score (nSPS) is 11.4. The number of benzene rings is 3. The summed E-state index contributed by atoms with van der Waals surface area (Å²) in [6.07, 6.45) is 0.0133. The first-order chi connectivity index (χ1) is 16.2. The topological polar surface area (TPSA) is 105 Å². The number of nitrogens with one attached hydrogen (secondary N) is 2. The zero-order valence-corrected chi connectivity index (χ0v) is 20.0. The lowest BCUT2D eigenvalue weighted by Gasteiger charge is -2.16. The van der Waals surface area contributed by atoms with E-state index in [-0.39, 0.29) is 32.6 Å². The van der Waals surface area contributed by atoms with Crippen molar-refractivity contribution in [2.45, 2.75) is 12.5 Å². The second kappa shape index (κ2) is 11.2. The fourth-order valence-electron chi connectivity index (χ4n) is 3.11. The van der Waals surface area contributed by atoms with Gasteiger partial charge in [-0.05, 0) is 48.0 Å². The maximum atomic E-state index is 12.6. The van der Waals surface area contributed by atoms with Crippen LogP contribution in [-0.4, -0.2) is 36.0 Å². The number of carboxylic acid groups (broad SMARTS) is 1. The first-order valence-electron chi connectivity index (χ1n) is 9.91. The van der Waals surface area contributed by atoms with Crippen LogP contribution in [0.4, 0.5) is 5.69 Å². The molecule has 0 aliphatic carbocycles. The number of methoxy groups -OCH3 is 1. The summed E-state index contributed by atoms with van der Waals surface area (Å²) in [5.74, 6) is -1.83. The summed E-state index contributed by atoms with van der Waals surface area (Å²) >= 11 is 18.2. The predicted octanol–water partition coefficient (Wildman–Crippen LogP) is 5.33. The highest BCUT2D eigenvalue weighted by molar-refractivity contribution is 6.40. The van der Waals surface area contributed by atoms with Crippen molar-refractivity contribution in [3.05, 3.63) is 92.4 Å². The lowest BCUT2D eigenvalue weighted by molar-refractivity contribution is -0.139. The molecule has 0 heterocycles. The predicted molar refractivity (Wildman–Crippen MR) is 131 cm³/mol. The van der Waals surface area contributed by atoms with Crippen LogP contribution in [0.3, 0.4) is 0 Å². The summed E-state index contributed by atoms with van der Waals surface area (Å²) in [4.78, 5) is 36.8. The van der Waals surface area contributed by atoms with Gasteiger partial charge >= 0.3 is 5.97 Å². The number of hydrogen-bond acceptors (Lipinski definition) is 4. The number of rotatable bonds is 8. The molecular formula is C24H19Cl3N2O5. The van der Waals surface area contributed by atoms with Gasteiger partial charge in [0.1, 0.15) is 11.8 Å². The number of hydrogen-bond donors (Lipinski definition) is 3. The van der Waals surface area contributed by atoms with Crippen LogP contribution in [0.1, 0.15) is 26.3 Å². The minimum Gasteiger partial charge on any atom is -0.497 e. The van der Waals surface area contributed by atoms with Crippen LogP contribution in [0.2, 0.25) is 15.1 Å². The van der Waals surface area contributed by atoms with E-state index in [1.807, 2.05) is 0 Å². The van der Waals surface area contributed by atoms with E-state index < -0.39 is 23.8 Å². The molecule has 3 aromatic carbocycles. The van der Waals surface area contributed by atoms with Gasteiger partial charge in [0, 0.05) is 12.1 Å². The standard InChI is InChI=1S/C24H19Cl3N2O5/c1-34-15-9-10-16(19(27)12-15)22(30)29-20(24(32)33)11-13-5-7-14(8-6-13)28-23(31)21-17(25)3-2-4-18(21)26/h2-10,12,20H,11H2,1H3,(H,28,31)(H,29,30)(H,32,33)/t20-/m0/s1. The fraction of sp³-hybridized carbons (Fsp3) is 0.125. The number of ether oxygens (including phenoxy) is 1. The summed E-state index contributed by atoms with van der Waals surface area (Å²) in [5.41, 5.74) is 1.37. The average molecular weight is 522 g/mol. The van der Waals surface area contributed by atoms with E-state index in [2.05, 4.69) is 10.6 Å². The third-order valence-corrected chi connectivity index (χ3v) is 5.81. The van der Waals surface area contributed by atoms with E-state index in [9.17, 15) is 19.5 Å². The first-order valence-corrected chi connectivity index (χ1v) is 11.0. The maximum Gasteiger partial charge on any atom is 0.326 e. The van der Waals surface area contributed by atoms with Crippen molar-refractivity contribution in [1.29, 1.82) is 0 Å². The van der Waals surface area contributed by atoms with Crippen LogP contribution in [0.25, 0.3) is 0 Å². The van der Waals surface area contributed by atoms with Crippen molar-refractivity contribution >= 4 is 58.3 Å². The zero-order chi connectivity index (χ0) is 24.8. The maximum absolute atomic E-state index is 12.6. The van der Waals surface area contributed by atoms with Crippen LogP contribution in [0, 0.1) is 0 Å². The minimum absolute atomic E-state index is 0.0133. The van der Waals surface area contributed by atoms with Crippen LogP contribution >= 0.6 is 34.8 Å². The molecular weight excluding hydrogens is 503 g/mol. The highest BCUT2D eigenvalue weighted by Gasteiger charge is 2.23. The van der Waals surface area contributed by atoms with Crippen LogP contribution in [0.15, 0.2) is 60.7 Å². The summed E-state index contributed by atoms with van der Waals surface area (Å²) in [5, 5.41) is 15.3. The lowest BCUT2D eigenvalue weighted by Crippen LogP contribution is -2.42. The van der Waals surface area contributed by atoms with Crippen LogP contribution in [0.5, 0.6) is 5.75 Å².